The fourth-order valence-corrected chi connectivity index (χ4v) is 1.69. The first-order valence-corrected chi connectivity index (χ1v) is 6.40. The Morgan fingerprint density at radius 2 is 1.64 bits per heavy atom. The fraction of sp³-hybridized carbons (Fsp3) is 1.00. The molecular weight excluding hydrogens is 201 g/mol. The van der Waals surface area contributed by atoms with Crippen molar-refractivity contribution in [2.24, 2.45) is 0 Å². The van der Waals surface area contributed by atoms with E-state index in [0.717, 1.165) is 38.9 Å². The zero-order valence-electron chi connectivity index (χ0n) is 9.15. The normalized spacial score (nSPS) is 11.6. The van der Waals surface area contributed by atoms with Gasteiger partial charge >= 0.3 is 8.60 Å². The van der Waals surface area contributed by atoms with Crippen LogP contribution in [0.4, 0.5) is 0 Å². The Labute approximate surface area is 87.9 Å². The minimum Gasteiger partial charge on any atom is -0.328 e. The molecular formula is C9H22NO3P. The quantitative estimate of drug-likeness (QED) is 0.461. The summed E-state index contributed by atoms with van der Waals surface area (Å²) in [5.41, 5.74) is 0. The highest BCUT2D eigenvalue weighted by atomic mass is 31.2. The van der Waals surface area contributed by atoms with Gasteiger partial charge in [0, 0.05) is 6.54 Å². The molecule has 0 aliphatic carbocycles. The lowest BCUT2D eigenvalue weighted by Crippen LogP contribution is -2.27. The van der Waals surface area contributed by atoms with E-state index in [-0.39, 0.29) is 0 Å². The molecule has 0 aromatic rings. The van der Waals surface area contributed by atoms with Gasteiger partial charge in [0.25, 0.3) is 0 Å². The van der Waals surface area contributed by atoms with Gasteiger partial charge in [-0.2, -0.15) is 0 Å². The van der Waals surface area contributed by atoms with Crippen molar-refractivity contribution in [2.45, 2.75) is 33.1 Å². The van der Waals surface area contributed by atoms with E-state index in [4.69, 9.17) is 14.3 Å². The van der Waals surface area contributed by atoms with Gasteiger partial charge < -0.3 is 19.2 Å². The number of hydrogen-bond acceptors (Lipinski definition) is 4. The van der Waals surface area contributed by atoms with Crippen molar-refractivity contribution in [3.05, 3.63) is 0 Å². The van der Waals surface area contributed by atoms with Crippen molar-refractivity contribution in [3.63, 3.8) is 0 Å². The summed E-state index contributed by atoms with van der Waals surface area (Å²) in [4.78, 5) is 19.4. The molecule has 14 heavy (non-hydrogen) atoms. The lowest BCUT2D eigenvalue weighted by molar-refractivity contribution is 0.215. The third-order valence-electron chi connectivity index (χ3n) is 1.91. The molecule has 0 spiro atoms. The SMILES string of the molecule is CCCN(CCC)CCCOP(O)O. The molecule has 0 heterocycles. The monoisotopic (exact) mass is 223 g/mol. The van der Waals surface area contributed by atoms with Gasteiger partial charge in [-0.05, 0) is 32.4 Å². The largest absolute Gasteiger partial charge is 0.328 e. The van der Waals surface area contributed by atoms with E-state index >= 15 is 0 Å². The molecule has 0 fully saturated rings. The highest BCUT2D eigenvalue weighted by molar-refractivity contribution is 7.39. The van der Waals surface area contributed by atoms with Crippen LogP contribution in [0.5, 0.6) is 0 Å². The Morgan fingerprint density at radius 3 is 2.07 bits per heavy atom. The summed E-state index contributed by atoms with van der Waals surface area (Å²) in [5.74, 6) is 0. The van der Waals surface area contributed by atoms with Crippen LogP contribution in [0.2, 0.25) is 0 Å². The van der Waals surface area contributed by atoms with Crippen LogP contribution in [0.25, 0.3) is 0 Å². The van der Waals surface area contributed by atoms with Crippen LogP contribution in [-0.2, 0) is 4.52 Å². The average Bonchev–Trinajstić information content (AvgIpc) is 2.12. The first-order valence-electron chi connectivity index (χ1n) is 5.23. The average molecular weight is 223 g/mol. The molecule has 0 atom stereocenters. The van der Waals surface area contributed by atoms with Gasteiger partial charge in [-0.25, -0.2) is 0 Å². The fourth-order valence-electron chi connectivity index (χ4n) is 1.40. The van der Waals surface area contributed by atoms with Gasteiger partial charge in [0.2, 0.25) is 0 Å². The topological polar surface area (TPSA) is 52.9 Å². The van der Waals surface area contributed by atoms with Crippen molar-refractivity contribution in [1.82, 2.24) is 4.90 Å². The second-order valence-corrected chi connectivity index (χ2v) is 4.04. The predicted molar refractivity (Wildman–Crippen MR) is 58.9 cm³/mol. The van der Waals surface area contributed by atoms with Crippen LogP contribution in [0.15, 0.2) is 0 Å². The smallest absolute Gasteiger partial charge is 0.327 e. The third-order valence-corrected chi connectivity index (χ3v) is 2.32. The van der Waals surface area contributed by atoms with Gasteiger partial charge in [-0.3, -0.25) is 0 Å². The lowest BCUT2D eigenvalue weighted by atomic mass is 10.3. The molecule has 2 N–H and O–H groups in total. The Balaban J connectivity index is 3.40. The van der Waals surface area contributed by atoms with E-state index in [1.165, 1.54) is 0 Å². The zero-order chi connectivity index (χ0) is 10.8. The van der Waals surface area contributed by atoms with Crippen LogP contribution in [-0.4, -0.2) is 40.9 Å². The van der Waals surface area contributed by atoms with Crippen molar-refractivity contribution in [3.8, 4) is 0 Å². The summed E-state index contributed by atoms with van der Waals surface area (Å²) in [6.45, 7) is 7.97. The Kier molecular flexibility index (Phi) is 10.0. The maximum Gasteiger partial charge on any atom is 0.327 e. The molecule has 0 saturated heterocycles. The second kappa shape index (κ2) is 9.81. The maximum atomic E-state index is 8.51. The van der Waals surface area contributed by atoms with Gasteiger partial charge in [-0.15, -0.1) is 0 Å². The van der Waals surface area contributed by atoms with E-state index in [2.05, 4.69) is 18.7 Å². The summed E-state index contributed by atoms with van der Waals surface area (Å²) in [6.07, 6.45) is 3.18. The van der Waals surface area contributed by atoms with Crippen LogP contribution < -0.4 is 0 Å². The van der Waals surface area contributed by atoms with E-state index < -0.39 is 8.60 Å². The molecule has 0 aliphatic rings. The lowest BCUT2D eigenvalue weighted by Gasteiger charge is -2.20. The zero-order valence-corrected chi connectivity index (χ0v) is 10.0. The Bertz CT molecular complexity index is 119. The molecule has 0 aliphatic heterocycles. The predicted octanol–water partition coefficient (Wildman–Crippen LogP) is 1.73. The van der Waals surface area contributed by atoms with Gasteiger partial charge in [0.05, 0.1) is 6.61 Å². The Morgan fingerprint density at radius 1 is 1.07 bits per heavy atom. The second-order valence-electron chi connectivity index (χ2n) is 3.28. The Hall–Kier alpha value is 0.270. The summed E-state index contributed by atoms with van der Waals surface area (Å²) >= 11 is 0. The number of rotatable bonds is 9. The van der Waals surface area contributed by atoms with Crippen molar-refractivity contribution in [1.29, 1.82) is 0 Å². The molecule has 0 saturated carbocycles. The van der Waals surface area contributed by atoms with Crippen molar-refractivity contribution in [2.75, 3.05) is 26.2 Å². The molecule has 0 radical (unpaired) electrons. The van der Waals surface area contributed by atoms with Crippen molar-refractivity contribution >= 4 is 8.60 Å². The molecule has 0 aromatic heterocycles. The molecule has 0 aromatic carbocycles. The molecule has 0 bridgehead atoms. The summed E-state index contributed by atoms with van der Waals surface area (Å²) < 4.78 is 4.70. The molecule has 5 heteroatoms. The first-order chi connectivity index (χ1) is 6.70. The van der Waals surface area contributed by atoms with Gasteiger partial charge in [0.1, 0.15) is 0 Å². The molecule has 0 rings (SSSR count). The van der Waals surface area contributed by atoms with Crippen LogP contribution in [0.1, 0.15) is 33.1 Å². The molecule has 0 amide bonds. The van der Waals surface area contributed by atoms with Crippen LogP contribution in [0.3, 0.4) is 0 Å². The van der Waals surface area contributed by atoms with Gasteiger partial charge in [-0.1, -0.05) is 13.8 Å². The van der Waals surface area contributed by atoms with Gasteiger partial charge in [0.15, 0.2) is 0 Å². The third kappa shape index (κ3) is 8.85. The standard InChI is InChI=1S/C9H22NO3P/c1-3-6-10(7-4-2)8-5-9-13-14(11)12/h11-12H,3-9H2,1-2H3. The van der Waals surface area contributed by atoms with E-state index in [1.54, 1.807) is 0 Å². The molecule has 86 valence electrons. The minimum absolute atomic E-state index is 0.433. The first kappa shape index (κ1) is 14.3. The van der Waals surface area contributed by atoms with Crippen LogP contribution >= 0.6 is 8.60 Å². The van der Waals surface area contributed by atoms with E-state index in [0.29, 0.717) is 6.61 Å². The number of nitrogens with zero attached hydrogens (tertiary/aromatic N) is 1. The van der Waals surface area contributed by atoms with Crippen LogP contribution in [0, 0.1) is 0 Å². The van der Waals surface area contributed by atoms with E-state index in [9.17, 15) is 0 Å². The summed E-state index contributed by atoms with van der Waals surface area (Å²) in [7, 11) is -2.17. The maximum absolute atomic E-state index is 8.51. The summed E-state index contributed by atoms with van der Waals surface area (Å²) in [5, 5.41) is 0. The van der Waals surface area contributed by atoms with Crippen molar-refractivity contribution < 1.29 is 14.3 Å². The minimum atomic E-state index is -2.17. The molecule has 4 nitrogen and oxygen atoms in total. The highest BCUT2D eigenvalue weighted by Gasteiger charge is 2.03. The highest BCUT2D eigenvalue weighted by Crippen LogP contribution is 2.23. The number of hydrogen-bond donors (Lipinski definition) is 2. The van der Waals surface area contributed by atoms with E-state index in [1.807, 2.05) is 0 Å². The summed E-state index contributed by atoms with van der Waals surface area (Å²) in [6, 6.07) is 0. The molecule has 0 unspecified atom stereocenters.